The van der Waals surface area contributed by atoms with Gasteiger partial charge in [-0.1, -0.05) is 37.3 Å². The zero-order chi connectivity index (χ0) is 25.2. The van der Waals surface area contributed by atoms with Gasteiger partial charge in [0, 0.05) is 11.3 Å². The van der Waals surface area contributed by atoms with E-state index in [1.54, 1.807) is 19.1 Å². The van der Waals surface area contributed by atoms with Gasteiger partial charge in [-0.3, -0.25) is 9.59 Å². The molecule has 0 saturated heterocycles. The van der Waals surface area contributed by atoms with E-state index >= 15 is 0 Å². The van der Waals surface area contributed by atoms with Crippen molar-refractivity contribution in [2.45, 2.75) is 32.7 Å². The van der Waals surface area contributed by atoms with Gasteiger partial charge in [-0.2, -0.15) is 0 Å². The molecule has 10 heteroatoms. The highest BCUT2D eigenvalue weighted by molar-refractivity contribution is 7.16. The van der Waals surface area contributed by atoms with Crippen molar-refractivity contribution < 1.29 is 33.1 Å². The van der Waals surface area contributed by atoms with E-state index in [2.05, 4.69) is 10.6 Å². The Morgan fingerprint density at radius 2 is 1.80 bits per heavy atom. The molecule has 9 nitrogen and oxygen atoms in total. The summed E-state index contributed by atoms with van der Waals surface area (Å²) in [6.07, 6.45) is 2.19. The van der Waals surface area contributed by atoms with Crippen molar-refractivity contribution in [3.8, 4) is 0 Å². The second-order valence-electron chi connectivity index (χ2n) is 7.38. The molecule has 3 aromatic rings. The summed E-state index contributed by atoms with van der Waals surface area (Å²) in [5.41, 5.74) is 1.05. The van der Waals surface area contributed by atoms with Gasteiger partial charge in [0.15, 0.2) is 12.4 Å². The van der Waals surface area contributed by atoms with Crippen LogP contribution in [0.1, 0.15) is 45.2 Å². The molecule has 0 aliphatic heterocycles. The number of amides is 2. The van der Waals surface area contributed by atoms with E-state index in [0.29, 0.717) is 11.4 Å². The van der Waals surface area contributed by atoms with Crippen molar-refractivity contribution >= 4 is 40.1 Å². The van der Waals surface area contributed by atoms with E-state index in [9.17, 15) is 19.2 Å². The summed E-state index contributed by atoms with van der Waals surface area (Å²) >= 11 is 1.25. The second kappa shape index (κ2) is 12.5. The van der Waals surface area contributed by atoms with Crippen molar-refractivity contribution in [2.75, 3.05) is 18.5 Å². The number of ether oxygens (including phenoxy) is 2. The summed E-state index contributed by atoms with van der Waals surface area (Å²) < 4.78 is 15.3. The van der Waals surface area contributed by atoms with Gasteiger partial charge < -0.3 is 24.5 Å². The van der Waals surface area contributed by atoms with Crippen LogP contribution < -0.4 is 10.6 Å². The Kier molecular flexibility index (Phi) is 9.19. The number of thiophene rings is 1. The third kappa shape index (κ3) is 7.28. The Balaban J connectivity index is 1.65. The average Bonchev–Trinajstić information content (AvgIpc) is 3.53. The molecule has 0 saturated carbocycles. The molecule has 3 rings (SSSR count). The standard InChI is InChI=1S/C25H26N2O7S/c1-3-17-14-18(24(30)32-4-2)23(35-17)27-21(28)15-34-25(31)19(13-16-9-6-5-7-10-16)26-22(29)20-11-8-12-33-20/h5-12,14,19H,3-4,13,15H2,1-2H3,(H,26,29)(H,27,28)/t19-/m0/s1. The molecule has 2 aromatic heterocycles. The van der Waals surface area contributed by atoms with Crippen LogP contribution in [0.4, 0.5) is 5.00 Å². The van der Waals surface area contributed by atoms with Gasteiger partial charge in [0.05, 0.1) is 18.4 Å². The Bertz CT molecular complexity index is 1160. The van der Waals surface area contributed by atoms with E-state index in [-0.39, 0.29) is 24.4 Å². The molecule has 0 radical (unpaired) electrons. The maximum Gasteiger partial charge on any atom is 0.341 e. The number of esters is 2. The lowest BCUT2D eigenvalue weighted by atomic mass is 10.1. The number of anilines is 1. The minimum atomic E-state index is -1.05. The first-order valence-electron chi connectivity index (χ1n) is 11.1. The van der Waals surface area contributed by atoms with Crippen LogP contribution in [0, 0.1) is 0 Å². The summed E-state index contributed by atoms with van der Waals surface area (Å²) in [5.74, 6) is -2.48. The SMILES string of the molecule is CCOC(=O)c1cc(CC)sc1NC(=O)COC(=O)[C@H](Cc1ccccc1)NC(=O)c1ccco1. The van der Waals surface area contributed by atoms with E-state index < -0.39 is 36.4 Å². The van der Waals surface area contributed by atoms with Crippen LogP contribution in [0.25, 0.3) is 0 Å². The van der Waals surface area contributed by atoms with E-state index in [0.717, 1.165) is 10.4 Å². The highest BCUT2D eigenvalue weighted by atomic mass is 32.1. The van der Waals surface area contributed by atoms with Crippen molar-refractivity contribution in [3.63, 3.8) is 0 Å². The fraction of sp³-hybridized carbons (Fsp3) is 0.280. The molecule has 35 heavy (non-hydrogen) atoms. The number of furan rings is 1. The number of carbonyl (C=O) groups is 4. The lowest BCUT2D eigenvalue weighted by molar-refractivity contribution is -0.149. The summed E-state index contributed by atoms with van der Waals surface area (Å²) in [6.45, 7) is 3.23. The van der Waals surface area contributed by atoms with Gasteiger partial charge in [-0.15, -0.1) is 11.3 Å². The van der Waals surface area contributed by atoms with Crippen molar-refractivity contribution in [1.82, 2.24) is 5.32 Å². The molecule has 2 N–H and O–H groups in total. The highest BCUT2D eigenvalue weighted by Gasteiger charge is 2.26. The molecule has 0 spiro atoms. The number of benzene rings is 1. The number of carbonyl (C=O) groups excluding carboxylic acids is 4. The fourth-order valence-electron chi connectivity index (χ4n) is 3.15. The van der Waals surface area contributed by atoms with Crippen molar-refractivity contribution in [1.29, 1.82) is 0 Å². The van der Waals surface area contributed by atoms with Crippen LogP contribution in [0.15, 0.2) is 59.2 Å². The van der Waals surface area contributed by atoms with Gasteiger partial charge in [-0.05, 0) is 37.1 Å². The van der Waals surface area contributed by atoms with Gasteiger partial charge in [0.25, 0.3) is 11.8 Å². The normalized spacial score (nSPS) is 11.4. The zero-order valence-electron chi connectivity index (χ0n) is 19.4. The maximum atomic E-state index is 12.8. The number of rotatable bonds is 11. The Labute approximate surface area is 206 Å². The van der Waals surface area contributed by atoms with Crippen LogP contribution in [0.5, 0.6) is 0 Å². The molecular formula is C25H26N2O7S. The third-order valence-electron chi connectivity index (χ3n) is 4.84. The molecule has 0 fully saturated rings. The van der Waals surface area contributed by atoms with Crippen LogP contribution in [0.2, 0.25) is 0 Å². The zero-order valence-corrected chi connectivity index (χ0v) is 20.2. The monoisotopic (exact) mass is 498 g/mol. The third-order valence-corrected chi connectivity index (χ3v) is 6.04. The Morgan fingerprint density at radius 3 is 2.46 bits per heavy atom. The van der Waals surface area contributed by atoms with E-state index in [1.165, 1.54) is 23.7 Å². The summed E-state index contributed by atoms with van der Waals surface area (Å²) in [7, 11) is 0. The fourth-order valence-corrected chi connectivity index (χ4v) is 4.15. The van der Waals surface area contributed by atoms with Crippen molar-refractivity contribution in [2.24, 2.45) is 0 Å². The molecule has 2 heterocycles. The lowest BCUT2D eigenvalue weighted by Gasteiger charge is -2.17. The molecule has 0 bridgehead atoms. The minimum absolute atomic E-state index is 0.0459. The smallest absolute Gasteiger partial charge is 0.341 e. The van der Waals surface area contributed by atoms with Gasteiger partial charge >= 0.3 is 11.9 Å². The van der Waals surface area contributed by atoms with Gasteiger partial charge in [-0.25, -0.2) is 9.59 Å². The maximum absolute atomic E-state index is 12.8. The summed E-state index contributed by atoms with van der Waals surface area (Å²) in [4.78, 5) is 50.8. The molecule has 0 unspecified atom stereocenters. The van der Waals surface area contributed by atoms with Gasteiger partial charge in [0.2, 0.25) is 0 Å². The largest absolute Gasteiger partial charge is 0.462 e. The Hall–Kier alpha value is -3.92. The van der Waals surface area contributed by atoms with Crippen LogP contribution in [0.3, 0.4) is 0 Å². The van der Waals surface area contributed by atoms with Crippen LogP contribution >= 0.6 is 11.3 Å². The lowest BCUT2D eigenvalue weighted by Crippen LogP contribution is -2.44. The second-order valence-corrected chi connectivity index (χ2v) is 8.52. The molecule has 1 aromatic carbocycles. The predicted molar refractivity (Wildman–Crippen MR) is 129 cm³/mol. The number of hydrogen-bond donors (Lipinski definition) is 2. The number of nitrogens with one attached hydrogen (secondary N) is 2. The molecule has 2 amide bonds. The molecule has 0 aliphatic rings. The number of hydrogen-bond acceptors (Lipinski definition) is 8. The Morgan fingerprint density at radius 1 is 1.03 bits per heavy atom. The van der Waals surface area contributed by atoms with Gasteiger partial charge in [0.1, 0.15) is 11.0 Å². The minimum Gasteiger partial charge on any atom is -0.462 e. The number of aryl methyl sites for hydroxylation is 1. The predicted octanol–water partition coefficient (Wildman–Crippen LogP) is 3.60. The van der Waals surface area contributed by atoms with Crippen LogP contribution in [-0.2, 0) is 31.9 Å². The summed E-state index contributed by atoms with van der Waals surface area (Å²) in [5, 5.41) is 5.53. The summed E-state index contributed by atoms with van der Waals surface area (Å²) in [6, 6.07) is 12.7. The first-order chi connectivity index (χ1) is 16.9. The molecule has 1 atom stereocenters. The van der Waals surface area contributed by atoms with Crippen LogP contribution in [-0.4, -0.2) is 43.0 Å². The van der Waals surface area contributed by atoms with E-state index in [4.69, 9.17) is 13.9 Å². The van der Waals surface area contributed by atoms with Crippen molar-refractivity contribution in [3.05, 3.63) is 76.6 Å². The molecule has 184 valence electrons. The molecule has 0 aliphatic carbocycles. The quantitative estimate of drug-likeness (QED) is 0.387. The first-order valence-corrected chi connectivity index (χ1v) is 11.9. The highest BCUT2D eigenvalue weighted by Crippen LogP contribution is 2.29. The topological polar surface area (TPSA) is 124 Å². The van der Waals surface area contributed by atoms with E-state index in [1.807, 2.05) is 37.3 Å². The average molecular weight is 499 g/mol. The molecular weight excluding hydrogens is 472 g/mol. The first kappa shape index (κ1) is 25.7.